The van der Waals surface area contributed by atoms with Gasteiger partial charge in [0.25, 0.3) is 0 Å². The Bertz CT molecular complexity index is 684. The molecule has 1 aromatic carbocycles. The molecule has 0 fully saturated rings. The van der Waals surface area contributed by atoms with Gasteiger partial charge in [0.1, 0.15) is 0 Å². The minimum absolute atomic E-state index is 0.255. The fourth-order valence-corrected chi connectivity index (χ4v) is 2.72. The molecule has 0 saturated heterocycles. The largest absolute Gasteiger partial charge is 0.465 e. The first-order chi connectivity index (χ1) is 11.0. The number of allylic oxidation sites excluding steroid dienone is 1. The van der Waals surface area contributed by atoms with Crippen molar-refractivity contribution in [2.24, 2.45) is 0 Å². The van der Waals surface area contributed by atoms with Crippen LogP contribution in [-0.2, 0) is 14.3 Å². The fraction of sp³-hybridized carbons (Fsp3) is 0.312. The number of esters is 2. The second kappa shape index (κ2) is 7.23. The number of carbonyl (C=O) groups is 2. The molecule has 2 N–H and O–H groups in total. The number of rotatable bonds is 4. The van der Waals surface area contributed by atoms with Crippen molar-refractivity contribution in [1.29, 1.82) is 0 Å². The lowest BCUT2D eigenvalue weighted by atomic mass is 9.92. The van der Waals surface area contributed by atoms with Crippen LogP contribution >= 0.6 is 12.2 Å². The third kappa shape index (κ3) is 3.50. The highest BCUT2D eigenvalue weighted by Gasteiger charge is 2.33. The first-order valence-electron chi connectivity index (χ1n) is 7.12. The highest BCUT2D eigenvalue weighted by atomic mass is 32.1. The Morgan fingerprint density at radius 2 is 1.96 bits per heavy atom. The molecule has 1 heterocycles. The molecule has 6 nitrogen and oxygen atoms in total. The van der Waals surface area contributed by atoms with E-state index in [0.717, 1.165) is 0 Å². The smallest absolute Gasteiger partial charge is 0.338 e. The second-order valence-electron chi connectivity index (χ2n) is 4.87. The zero-order valence-corrected chi connectivity index (χ0v) is 14.0. The average Bonchev–Trinajstić information content (AvgIpc) is 2.53. The molecular weight excluding hydrogens is 316 g/mol. The van der Waals surface area contributed by atoms with E-state index in [2.05, 4.69) is 10.6 Å². The Hall–Kier alpha value is -2.41. The van der Waals surface area contributed by atoms with Gasteiger partial charge in [-0.15, -0.1) is 0 Å². The zero-order chi connectivity index (χ0) is 17.0. The molecule has 0 amide bonds. The lowest BCUT2D eigenvalue weighted by Crippen LogP contribution is -2.45. The average molecular weight is 334 g/mol. The molecule has 0 radical (unpaired) electrons. The van der Waals surface area contributed by atoms with E-state index >= 15 is 0 Å². The summed E-state index contributed by atoms with van der Waals surface area (Å²) in [4.78, 5) is 24.3. The Labute approximate surface area is 139 Å². The number of benzene rings is 1. The van der Waals surface area contributed by atoms with Crippen molar-refractivity contribution in [1.82, 2.24) is 10.6 Å². The molecule has 0 aliphatic carbocycles. The van der Waals surface area contributed by atoms with Gasteiger partial charge in [0.2, 0.25) is 0 Å². The van der Waals surface area contributed by atoms with Crippen LogP contribution in [0.15, 0.2) is 35.5 Å². The topological polar surface area (TPSA) is 76.7 Å². The summed E-state index contributed by atoms with van der Waals surface area (Å²) in [5.41, 5.74) is 1.95. The van der Waals surface area contributed by atoms with Crippen LogP contribution in [0.1, 0.15) is 35.8 Å². The van der Waals surface area contributed by atoms with Crippen molar-refractivity contribution in [2.75, 3.05) is 13.7 Å². The van der Waals surface area contributed by atoms with Crippen molar-refractivity contribution in [2.45, 2.75) is 19.9 Å². The molecule has 1 aliphatic heterocycles. The second-order valence-corrected chi connectivity index (χ2v) is 5.28. The van der Waals surface area contributed by atoms with Crippen LogP contribution in [0.5, 0.6) is 0 Å². The lowest BCUT2D eigenvalue weighted by Gasteiger charge is -2.30. The minimum Gasteiger partial charge on any atom is -0.465 e. The lowest BCUT2D eigenvalue weighted by molar-refractivity contribution is -0.139. The standard InChI is InChI=1S/C16H18N2O4S/c1-4-22-15(20)12-9(2)17-16(23)18-13(12)10-7-5-6-8-11(10)14(19)21-3/h5-8,13H,4H2,1-3H3,(H2,17,18,23). The summed E-state index contributed by atoms with van der Waals surface area (Å²) in [5.74, 6) is -0.940. The Balaban J connectivity index is 2.55. The molecule has 2 rings (SSSR count). The molecule has 122 valence electrons. The van der Waals surface area contributed by atoms with Crippen molar-refractivity contribution in [3.63, 3.8) is 0 Å². The van der Waals surface area contributed by atoms with E-state index in [4.69, 9.17) is 21.7 Å². The van der Waals surface area contributed by atoms with Gasteiger partial charge >= 0.3 is 11.9 Å². The first-order valence-corrected chi connectivity index (χ1v) is 7.53. The highest BCUT2D eigenvalue weighted by Crippen LogP contribution is 2.30. The van der Waals surface area contributed by atoms with Gasteiger partial charge in [-0.2, -0.15) is 0 Å². The number of thiocarbonyl (C=S) groups is 1. The van der Waals surface area contributed by atoms with Gasteiger partial charge in [0.05, 0.1) is 30.9 Å². The third-order valence-corrected chi connectivity index (χ3v) is 3.66. The number of hydrogen-bond donors (Lipinski definition) is 2. The minimum atomic E-state index is -0.585. The molecule has 1 aromatic rings. The maximum absolute atomic E-state index is 12.3. The summed E-state index contributed by atoms with van der Waals surface area (Å²) in [7, 11) is 1.31. The number of nitrogens with one attached hydrogen (secondary N) is 2. The van der Waals surface area contributed by atoms with Crippen molar-refractivity contribution < 1.29 is 19.1 Å². The summed E-state index contributed by atoms with van der Waals surface area (Å²) < 4.78 is 9.95. The highest BCUT2D eigenvalue weighted by molar-refractivity contribution is 7.80. The van der Waals surface area contributed by atoms with E-state index in [1.54, 1.807) is 38.1 Å². The monoisotopic (exact) mass is 334 g/mol. The van der Waals surface area contributed by atoms with Gasteiger partial charge in [0.15, 0.2) is 5.11 Å². The molecule has 0 bridgehead atoms. The van der Waals surface area contributed by atoms with E-state index in [0.29, 0.717) is 27.5 Å². The maximum atomic E-state index is 12.3. The number of ether oxygens (including phenoxy) is 2. The molecule has 1 unspecified atom stereocenters. The van der Waals surface area contributed by atoms with Gasteiger partial charge in [0, 0.05) is 5.70 Å². The number of methoxy groups -OCH3 is 1. The zero-order valence-electron chi connectivity index (χ0n) is 13.1. The van der Waals surface area contributed by atoms with Gasteiger partial charge in [-0.3, -0.25) is 0 Å². The predicted octanol–water partition coefficient (Wildman–Crippen LogP) is 1.83. The van der Waals surface area contributed by atoms with Crippen LogP contribution in [0.25, 0.3) is 0 Å². The molecule has 7 heteroatoms. The van der Waals surface area contributed by atoms with E-state index in [1.807, 2.05) is 0 Å². The van der Waals surface area contributed by atoms with Gasteiger partial charge in [-0.1, -0.05) is 18.2 Å². The first kappa shape index (κ1) is 17.0. The van der Waals surface area contributed by atoms with Gasteiger partial charge < -0.3 is 20.1 Å². The van der Waals surface area contributed by atoms with Gasteiger partial charge in [-0.05, 0) is 37.7 Å². The quantitative estimate of drug-likeness (QED) is 0.642. The van der Waals surface area contributed by atoms with Crippen LogP contribution in [0.2, 0.25) is 0 Å². The summed E-state index contributed by atoms with van der Waals surface area (Å²) >= 11 is 5.18. The summed E-state index contributed by atoms with van der Waals surface area (Å²) in [6.07, 6.45) is 0. The Morgan fingerprint density at radius 1 is 1.26 bits per heavy atom. The summed E-state index contributed by atoms with van der Waals surface area (Å²) in [5, 5.41) is 6.31. The number of carbonyl (C=O) groups excluding carboxylic acids is 2. The van der Waals surface area contributed by atoms with E-state index in [1.165, 1.54) is 7.11 Å². The summed E-state index contributed by atoms with van der Waals surface area (Å²) in [6, 6.07) is 6.33. The van der Waals surface area contributed by atoms with Crippen LogP contribution in [-0.4, -0.2) is 30.8 Å². The van der Waals surface area contributed by atoms with Crippen molar-refractivity contribution >= 4 is 29.3 Å². The molecule has 1 atom stereocenters. The van der Waals surface area contributed by atoms with Crippen molar-refractivity contribution in [3.05, 3.63) is 46.7 Å². The molecular formula is C16H18N2O4S. The Kier molecular flexibility index (Phi) is 5.33. The number of hydrogen-bond acceptors (Lipinski definition) is 5. The molecule has 0 spiro atoms. The molecule has 23 heavy (non-hydrogen) atoms. The third-order valence-electron chi connectivity index (χ3n) is 3.44. The van der Waals surface area contributed by atoms with E-state index < -0.39 is 18.0 Å². The fourth-order valence-electron chi connectivity index (χ4n) is 2.45. The molecule has 0 saturated carbocycles. The van der Waals surface area contributed by atoms with Crippen LogP contribution in [0.3, 0.4) is 0 Å². The summed E-state index contributed by atoms with van der Waals surface area (Å²) in [6.45, 7) is 3.73. The normalized spacial score (nSPS) is 17.2. The molecule has 1 aliphatic rings. The van der Waals surface area contributed by atoms with Crippen LogP contribution in [0, 0.1) is 0 Å². The van der Waals surface area contributed by atoms with E-state index in [9.17, 15) is 9.59 Å². The van der Waals surface area contributed by atoms with Crippen LogP contribution in [0.4, 0.5) is 0 Å². The van der Waals surface area contributed by atoms with E-state index in [-0.39, 0.29) is 6.61 Å². The predicted molar refractivity (Wildman–Crippen MR) is 88.7 cm³/mol. The van der Waals surface area contributed by atoms with Gasteiger partial charge in [-0.25, -0.2) is 9.59 Å². The van der Waals surface area contributed by atoms with Crippen LogP contribution < -0.4 is 10.6 Å². The van der Waals surface area contributed by atoms with Crippen molar-refractivity contribution in [3.8, 4) is 0 Å². The SMILES string of the molecule is CCOC(=O)C1=C(C)NC(=S)NC1c1ccccc1C(=O)OC. The Morgan fingerprint density at radius 3 is 2.61 bits per heavy atom. The maximum Gasteiger partial charge on any atom is 0.338 e. The molecule has 0 aromatic heterocycles.